The Morgan fingerprint density at radius 1 is 1.42 bits per heavy atom. The first-order valence-corrected chi connectivity index (χ1v) is 9.83. The number of aliphatic imine (C=N–C) groups is 1. The van der Waals surface area contributed by atoms with Crippen molar-refractivity contribution < 1.29 is 17.9 Å². The smallest absolute Gasteiger partial charge is 0.310 e. The lowest BCUT2D eigenvalue weighted by molar-refractivity contribution is -0.149. The van der Waals surface area contributed by atoms with Gasteiger partial charge in [-0.1, -0.05) is 0 Å². The molecule has 1 atom stereocenters. The summed E-state index contributed by atoms with van der Waals surface area (Å²) >= 11 is 0. The van der Waals surface area contributed by atoms with E-state index >= 15 is 0 Å². The van der Waals surface area contributed by atoms with Crippen LogP contribution in [0.3, 0.4) is 0 Å². The highest BCUT2D eigenvalue weighted by molar-refractivity contribution is 14.0. The van der Waals surface area contributed by atoms with Crippen molar-refractivity contribution in [2.24, 2.45) is 10.9 Å². The minimum Gasteiger partial charge on any atom is -0.466 e. The third kappa shape index (κ3) is 6.38. The van der Waals surface area contributed by atoms with Crippen molar-refractivity contribution in [1.82, 2.24) is 10.2 Å². The summed E-state index contributed by atoms with van der Waals surface area (Å²) in [5.41, 5.74) is 0. The maximum absolute atomic E-state index is 11.9. The number of carbonyl (C=O) groups excluding carboxylic acids is 1. The highest BCUT2D eigenvalue weighted by Crippen LogP contribution is 2.19. The van der Waals surface area contributed by atoms with Gasteiger partial charge in [0.05, 0.1) is 17.3 Å². The van der Waals surface area contributed by atoms with Crippen LogP contribution < -0.4 is 5.32 Å². The molecule has 1 aliphatic heterocycles. The number of ether oxygens (including phenoxy) is 1. The molecule has 0 bridgehead atoms. The van der Waals surface area contributed by atoms with Crippen LogP contribution in [0.15, 0.2) is 4.99 Å². The predicted molar refractivity (Wildman–Crippen MR) is 107 cm³/mol. The lowest BCUT2D eigenvalue weighted by Crippen LogP contribution is -2.52. The van der Waals surface area contributed by atoms with Crippen LogP contribution in [0.1, 0.15) is 33.6 Å². The van der Waals surface area contributed by atoms with E-state index in [0.29, 0.717) is 19.1 Å². The molecule has 0 aliphatic carbocycles. The predicted octanol–water partition coefficient (Wildman–Crippen LogP) is 1.28. The molecule has 24 heavy (non-hydrogen) atoms. The van der Waals surface area contributed by atoms with E-state index in [4.69, 9.17) is 4.74 Å². The number of rotatable bonds is 5. The number of hydrogen-bond donors (Lipinski definition) is 1. The van der Waals surface area contributed by atoms with Crippen molar-refractivity contribution in [3.63, 3.8) is 0 Å². The lowest BCUT2D eigenvalue weighted by Gasteiger charge is -2.35. The molecule has 1 aliphatic rings. The molecule has 1 rings (SSSR count). The van der Waals surface area contributed by atoms with Crippen LogP contribution >= 0.6 is 24.0 Å². The molecule has 1 N–H and O–H groups in total. The van der Waals surface area contributed by atoms with Gasteiger partial charge in [0, 0.05) is 32.9 Å². The molecular weight excluding hydrogens is 445 g/mol. The molecule has 1 fully saturated rings. The molecule has 1 saturated heterocycles. The number of likely N-dealkylation sites (tertiary alicyclic amines) is 1. The topological polar surface area (TPSA) is 88.1 Å². The normalized spacial score (nSPS) is 19.5. The van der Waals surface area contributed by atoms with Gasteiger partial charge in [-0.2, -0.15) is 0 Å². The molecule has 0 unspecified atom stereocenters. The van der Waals surface area contributed by atoms with Gasteiger partial charge in [0.1, 0.15) is 0 Å². The summed E-state index contributed by atoms with van der Waals surface area (Å²) in [7, 11) is -1.52. The fourth-order valence-electron chi connectivity index (χ4n) is 2.38. The maximum Gasteiger partial charge on any atom is 0.310 e. The van der Waals surface area contributed by atoms with Crippen molar-refractivity contribution in [2.45, 2.75) is 38.4 Å². The minimum atomic E-state index is -3.18. The van der Waals surface area contributed by atoms with Crippen molar-refractivity contribution in [1.29, 1.82) is 0 Å². The number of carbonyl (C=O) groups is 1. The Balaban J connectivity index is 0.00000529. The summed E-state index contributed by atoms with van der Waals surface area (Å²) in [6.07, 6.45) is 2.91. The van der Waals surface area contributed by atoms with E-state index in [-0.39, 0.29) is 42.4 Å². The van der Waals surface area contributed by atoms with E-state index < -0.39 is 14.6 Å². The number of esters is 1. The Hall–Kier alpha value is -0.580. The average Bonchev–Trinajstić information content (AvgIpc) is 2.47. The Bertz CT molecular complexity index is 549. The third-order valence-corrected chi connectivity index (χ3v) is 6.38. The molecule has 0 spiro atoms. The van der Waals surface area contributed by atoms with Gasteiger partial charge in [0.2, 0.25) is 0 Å². The summed E-state index contributed by atoms with van der Waals surface area (Å²) in [6.45, 7) is 7.13. The summed E-state index contributed by atoms with van der Waals surface area (Å²) < 4.78 is 27.8. The van der Waals surface area contributed by atoms with Crippen LogP contribution in [0.2, 0.25) is 0 Å². The highest BCUT2D eigenvalue weighted by Gasteiger charge is 2.32. The number of guanidine groups is 1. The number of hydrogen-bond acceptors (Lipinski definition) is 5. The molecule has 0 saturated carbocycles. The number of nitrogens with zero attached hydrogens (tertiary/aromatic N) is 2. The second-order valence-corrected chi connectivity index (χ2v) is 9.12. The SMILES string of the molecule is CCOC(=O)[C@@H]1CCCN(C(=NC)NCC(C)(C)S(C)(=O)=O)C1.I. The Morgan fingerprint density at radius 3 is 2.54 bits per heavy atom. The van der Waals surface area contributed by atoms with Gasteiger partial charge in [0.25, 0.3) is 0 Å². The average molecular weight is 475 g/mol. The van der Waals surface area contributed by atoms with Gasteiger partial charge in [-0.3, -0.25) is 9.79 Å². The molecule has 1 heterocycles. The summed E-state index contributed by atoms with van der Waals surface area (Å²) in [5, 5.41) is 3.12. The van der Waals surface area contributed by atoms with Crippen LogP contribution in [0.4, 0.5) is 0 Å². The fraction of sp³-hybridized carbons (Fsp3) is 0.867. The standard InChI is InChI=1S/C15H29N3O4S.HI/c1-6-22-13(19)12-8-7-9-18(10-12)14(16-4)17-11-15(2,3)23(5,20)21;/h12H,6-11H2,1-5H3,(H,16,17);1H/t12-;/m1./s1. The van der Waals surface area contributed by atoms with Gasteiger partial charge in [-0.15, -0.1) is 24.0 Å². The molecule has 142 valence electrons. The van der Waals surface area contributed by atoms with Gasteiger partial charge < -0.3 is 15.0 Å². The molecule has 0 aromatic rings. The van der Waals surface area contributed by atoms with Crippen molar-refractivity contribution in [3.05, 3.63) is 0 Å². The third-order valence-electron chi connectivity index (χ3n) is 4.23. The second-order valence-electron chi connectivity index (χ2n) is 6.47. The first-order chi connectivity index (χ1) is 10.6. The van der Waals surface area contributed by atoms with Gasteiger partial charge >= 0.3 is 5.97 Å². The Labute approximate surface area is 162 Å². The number of sulfone groups is 1. The second kappa shape index (κ2) is 9.79. The van der Waals surface area contributed by atoms with Gasteiger partial charge in [-0.25, -0.2) is 8.42 Å². The highest BCUT2D eigenvalue weighted by atomic mass is 127. The van der Waals surface area contributed by atoms with Gasteiger partial charge in [0.15, 0.2) is 15.8 Å². The molecule has 0 aromatic carbocycles. The van der Waals surface area contributed by atoms with E-state index in [2.05, 4.69) is 10.3 Å². The van der Waals surface area contributed by atoms with Crippen LogP contribution in [-0.2, 0) is 19.4 Å². The van der Waals surface area contributed by atoms with E-state index in [0.717, 1.165) is 19.4 Å². The van der Waals surface area contributed by atoms with Crippen LogP contribution in [-0.4, -0.2) is 69.5 Å². The van der Waals surface area contributed by atoms with Gasteiger partial charge in [-0.05, 0) is 33.6 Å². The molecule has 0 radical (unpaired) electrons. The lowest BCUT2D eigenvalue weighted by atomic mass is 9.98. The summed E-state index contributed by atoms with van der Waals surface area (Å²) in [5.74, 6) is 0.282. The fourth-order valence-corrected chi connectivity index (χ4v) is 2.71. The molecular formula is C15H30IN3O4S. The number of halogens is 1. The van der Waals surface area contributed by atoms with Crippen LogP contribution in [0, 0.1) is 5.92 Å². The number of piperidine rings is 1. The first kappa shape index (κ1) is 23.4. The number of nitrogens with one attached hydrogen (secondary N) is 1. The zero-order valence-electron chi connectivity index (χ0n) is 15.2. The Morgan fingerprint density at radius 2 is 2.04 bits per heavy atom. The molecule has 0 aromatic heterocycles. The van der Waals surface area contributed by atoms with Crippen molar-refractivity contribution >= 4 is 45.7 Å². The minimum absolute atomic E-state index is 0. The summed E-state index contributed by atoms with van der Waals surface area (Å²) in [4.78, 5) is 18.1. The first-order valence-electron chi connectivity index (χ1n) is 7.94. The monoisotopic (exact) mass is 475 g/mol. The largest absolute Gasteiger partial charge is 0.466 e. The van der Waals surface area contributed by atoms with Crippen molar-refractivity contribution in [2.75, 3.05) is 39.5 Å². The summed E-state index contributed by atoms with van der Waals surface area (Å²) in [6, 6.07) is 0. The van der Waals surface area contributed by atoms with E-state index in [9.17, 15) is 13.2 Å². The maximum atomic E-state index is 11.9. The molecule has 0 amide bonds. The van der Waals surface area contributed by atoms with E-state index in [1.165, 1.54) is 6.26 Å². The molecule has 9 heteroatoms. The zero-order valence-corrected chi connectivity index (χ0v) is 18.3. The van der Waals surface area contributed by atoms with E-state index in [1.54, 1.807) is 27.8 Å². The van der Waals surface area contributed by atoms with Crippen molar-refractivity contribution in [3.8, 4) is 0 Å². The quantitative estimate of drug-likeness (QED) is 0.279. The van der Waals surface area contributed by atoms with Crippen LogP contribution in [0.5, 0.6) is 0 Å². The van der Waals surface area contributed by atoms with E-state index in [1.807, 2.05) is 4.90 Å². The Kier molecular flexibility index (Phi) is 9.55. The molecule has 7 nitrogen and oxygen atoms in total. The van der Waals surface area contributed by atoms with Crippen LogP contribution in [0.25, 0.3) is 0 Å². The zero-order chi connectivity index (χ0) is 17.7.